The number of likely N-dealkylation sites (N-methyl/N-ethyl adjacent to an activating group) is 1. The van der Waals surface area contributed by atoms with Crippen molar-refractivity contribution >= 4 is 23.1 Å². The molecule has 0 unspecified atom stereocenters. The quantitative estimate of drug-likeness (QED) is 0.589. The molecule has 0 saturated carbocycles. The second-order valence-corrected chi connectivity index (χ2v) is 7.40. The Hall–Kier alpha value is -3.75. The summed E-state index contributed by atoms with van der Waals surface area (Å²) in [7, 11) is 1.90. The molecule has 160 valence electrons. The van der Waals surface area contributed by atoms with Gasteiger partial charge in [-0.1, -0.05) is 6.07 Å². The fraction of sp³-hybridized carbons (Fsp3) is 0.273. The normalized spacial score (nSPS) is 15.3. The first-order chi connectivity index (χ1) is 14.9. The summed E-state index contributed by atoms with van der Waals surface area (Å²) >= 11 is 0. The lowest BCUT2D eigenvalue weighted by Gasteiger charge is -2.34. The fourth-order valence-corrected chi connectivity index (χ4v) is 3.23. The van der Waals surface area contributed by atoms with Crippen LogP contribution < -0.4 is 20.3 Å². The van der Waals surface area contributed by atoms with Crippen LogP contribution in [0, 0.1) is 12.9 Å². The van der Waals surface area contributed by atoms with E-state index in [-0.39, 0.29) is 18.6 Å². The highest BCUT2D eigenvalue weighted by Gasteiger charge is 2.28. The van der Waals surface area contributed by atoms with Crippen LogP contribution in [0.2, 0.25) is 0 Å². The van der Waals surface area contributed by atoms with Crippen LogP contribution in [0.3, 0.4) is 0 Å². The molecular weight excluding hydrogens is 399 g/mol. The highest BCUT2D eigenvalue weighted by atomic mass is 19.1. The Morgan fingerprint density at radius 3 is 2.68 bits per heavy atom. The van der Waals surface area contributed by atoms with Gasteiger partial charge in [-0.2, -0.15) is 4.39 Å². The summed E-state index contributed by atoms with van der Waals surface area (Å²) in [5.41, 5.74) is 4.15. The van der Waals surface area contributed by atoms with Gasteiger partial charge in [0.25, 0.3) is 0 Å². The number of anilines is 3. The Balaban J connectivity index is 1.38. The van der Waals surface area contributed by atoms with Crippen molar-refractivity contribution in [3.63, 3.8) is 0 Å². The lowest BCUT2D eigenvalue weighted by molar-refractivity contribution is -0.117. The molecule has 1 amide bonds. The van der Waals surface area contributed by atoms with E-state index in [9.17, 15) is 9.18 Å². The third-order valence-corrected chi connectivity index (χ3v) is 5.21. The van der Waals surface area contributed by atoms with E-state index in [1.54, 1.807) is 18.3 Å². The van der Waals surface area contributed by atoms with Gasteiger partial charge < -0.3 is 20.3 Å². The highest BCUT2D eigenvalue weighted by Crippen LogP contribution is 2.34. The minimum atomic E-state index is -0.520. The molecule has 2 N–H and O–H groups in total. The maximum absolute atomic E-state index is 12.9. The van der Waals surface area contributed by atoms with Crippen LogP contribution in [0.5, 0.6) is 5.88 Å². The number of hydrogen-bond donors (Lipinski definition) is 2. The molecule has 0 fully saturated rings. The number of aromatic nitrogens is 3. The average Bonchev–Trinajstić information content (AvgIpc) is 2.77. The molecule has 1 aliphatic rings. The van der Waals surface area contributed by atoms with Gasteiger partial charge in [0.05, 0.1) is 17.1 Å². The van der Waals surface area contributed by atoms with Gasteiger partial charge in [-0.3, -0.25) is 4.79 Å². The summed E-state index contributed by atoms with van der Waals surface area (Å²) in [5.74, 6) is 0.635. The zero-order chi connectivity index (χ0) is 22.0. The van der Waals surface area contributed by atoms with Crippen LogP contribution in [0.1, 0.15) is 23.7 Å². The van der Waals surface area contributed by atoms with Crippen LogP contribution in [-0.2, 0) is 17.9 Å². The van der Waals surface area contributed by atoms with Gasteiger partial charge >= 0.3 is 0 Å². The van der Waals surface area contributed by atoms with Crippen molar-refractivity contribution in [2.45, 2.75) is 33.0 Å². The summed E-state index contributed by atoms with van der Waals surface area (Å²) in [4.78, 5) is 26.5. The van der Waals surface area contributed by atoms with Crippen LogP contribution in [0.25, 0.3) is 0 Å². The molecular formula is C22H23FN6O2. The summed E-state index contributed by atoms with van der Waals surface area (Å²) in [6.07, 6.45) is 3.16. The maximum atomic E-state index is 12.9. The number of halogens is 1. The van der Waals surface area contributed by atoms with E-state index in [1.807, 2.05) is 37.9 Å². The molecule has 1 atom stereocenters. The molecule has 0 spiro atoms. The Labute approximate surface area is 179 Å². The van der Waals surface area contributed by atoms with Gasteiger partial charge in [0.2, 0.25) is 17.7 Å². The smallest absolute Gasteiger partial charge is 0.246 e. The van der Waals surface area contributed by atoms with E-state index in [4.69, 9.17) is 4.74 Å². The molecule has 8 nitrogen and oxygen atoms in total. The number of carbonyl (C=O) groups excluding carboxylic acids is 1. The Bertz CT molecular complexity index is 1090. The van der Waals surface area contributed by atoms with Gasteiger partial charge in [-0.15, -0.1) is 0 Å². The average molecular weight is 422 g/mol. The topological polar surface area (TPSA) is 92.3 Å². The Morgan fingerprint density at radius 2 is 1.97 bits per heavy atom. The van der Waals surface area contributed by atoms with E-state index in [2.05, 4.69) is 25.6 Å². The van der Waals surface area contributed by atoms with E-state index in [1.165, 1.54) is 12.3 Å². The van der Waals surface area contributed by atoms with Crippen molar-refractivity contribution in [2.75, 3.05) is 22.6 Å². The van der Waals surface area contributed by atoms with Crippen molar-refractivity contribution in [2.24, 2.45) is 0 Å². The first-order valence-electron chi connectivity index (χ1n) is 9.88. The summed E-state index contributed by atoms with van der Waals surface area (Å²) in [6, 6.07) is 8.30. The second-order valence-electron chi connectivity index (χ2n) is 7.40. The van der Waals surface area contributed by atoms with Crippen LogP contribution in [-0.4, -0.2) is 33.9 Å². The van der Waals surface area contributed by atoms with Crippen molar-refractivity contribution in [3.8, 4) is 5.88 Å². The van der Waals surface area contributed by atoms with E-state index in [0.717, 1.165) is 34.0 Å². The van der Waals surface area contributed by atoms with E-state index >= 15 is 0 Å². The standard InChI is InChI=1S/C22H23FN6O2/c1-13-21-17(29(3)14(2)22(30)28-21)8-19(27-13)25-9-15-5-7-20(26-10-15)31-12-16-4-6-18(23)24-11-16/h4-8,10-11,14H,9,12H2,1-3H3,(H,25,27)(H,28,30)/t14-/m0/s1. The molecule has 0 aliphatic carbocycles. The van der Waals surface area contributed by atoms with Gasteiger partial charge in [-0.05, 0) is 31.5 Å². The highest BCUT2D eigenvalue weighted by molar-refractivity contribution is 6.04. The van der Waals surface area contributed by atoms with Crippen LogP contribution in [0.4, 0.5) is 21.6 Å². The molecule has 0 aromatic carbocycles. The molecule has 0 bridgehead atoms. The van der Waals surface area contributed by atoms with Gasteiger partial charge in [0, 0.05) is 43.7 Å². The molecule has 0 saturated heterocycles. The number of amides is 1. The van der Waals surface area contributed by atoms with Crippen molar-refractivity contribution in [1.82, 2.24) is 15.0 Å². The number of hydrogen-bond acceptors (Lipinski definition) is 7. The number of ether oxygens (including phenoxy) is 1. The summed E-state index contributed by atoms with van der Waals surface area (Å²) in [5, 5.41) is 6.23. The van der Waals surface area contributed by atoms with Crippen molar-refractivity contribution in [1.29, 1.82) is 0 Å². The SMILES string of the molecule is Cc1nc(NCc2ccc(OCc3ccc(F)nc3)nc2)cc2c1NC(=O)[C@H](C)N2C. The number of pyridine rings is 3. The molecule has 9 heteroatoms. The van der Waals surface area contributed by atoms with Gasteiger partial charge in [0.1, 0.15) is 18.5 Å². The number of nitrogens with one attached hydrogen (secondary N) is 2. The molecule has 4 heterocycles. The lowest BCUT2D eigenvalue weighted by Crippen LogP contribution is -2.44. The maximum Gasteiger partial charge on any atom is 0.246 e. The fourth-order valence-electron chi connectivity index (χ4n) is 3.23. The van der Waals surface area contributed by atoms with Crippen LogP contribution >= 0.6 is 0 Å². The molecule has 31 heavy (non-hydrogen) atoms. The number of aryl methyl sites for hydroxylation is 1. The van der Waals surface area contributed by atoms with Crippen molar-refractivity contribution < 1.29 is 13.9 Å². The number of nitrogens with zero attached hydrogens (tertiary/aromatic N) is 4. The minimum absolute atomic E-state index is 0.0373. The zero-order valence-electron chi connectivity index (χ0n) is 17.5. The van der Waals surface area contributed by atoms with E-state index < -0.39 is 5.95 Å². The Morgan fingerprint density at radius 1 is 1.19 bits per heavy atom. The number of rotatable bonds is 6. The Kier molecular flexibility index (Phi) is 5.66. The van der Waals surface area contributed by atoms with E-state index in [0.29, 0.717) is 12.4 Å². The second kappa shape index (κ2) is 8.55. The first kappa shape index (κ1) is 20.5. The zero-order valence-corrected chi connectivity index (χ0v) is 17.5. The monoisotopic (exact) mass is 422 g/mol. The van der Waals surface area contributed by atoms with Gasteiger partial charge in [-0.25, -0.2) is 15.0 Å². The number of carbonyl (C=O) groups is 1. The lowest BCUT2D eigenvalue weighted by atomic mass is 10.1. The summed E-state index contributed by atoms with van der Waals surface area (Å²) in [6.45, 7) is 4.53. The largest absolute Gasteiger partial charge is 0.473 e. The number of fused-ring (bicyclic) bond motifs is 1. The molecule has 0 radical (unpaired) electrons. The van der Waals surface area contributed by atoms with Crippen molar-refractivity contribution in [3.05, 3.63) is 65.5 Å². The predicted molar refractivity (Wildman–Crippen MR) is 116 cm³/mol. The molecule has 1 aliphatic heterocycles. The van der Waals surface area contributed by atoms with Crippen LogP contribution in [0.15, 0.2) is 42.7 Å². The summed E-state index contributed by atoms with van der Waals surface area (Å²) < 4.78 is 18.5. The minimum Gasteiger partial charge on any atom is -0.473 e. The first-order valence-corrected chi connectivity index (χ1v) is 9.88. The third kappa shape index (κ3) is 4.55. The third-order valence-electron chi connectivity index (χ3n) is 5.21. The molecule has 4 rings (SSSR count). The molecule has 3 aromatic heterocycles. The van der Waals surface area contributed by atoms with Gasteiger partial charge in [0.15, 0.2) is 0 Å². The molecule has 3 aromatic rings. The predicted octanol–water partition coefficient (Wildman–Crippen LogP) is 3.29.